The Morgan fingerprint density at radius 3 is 2.56 bits per heavy atom. The van der Waals surface area contributed by atoms with Crippen molar-refractivity contribution in [3.05, 3.63) is 35.4 Å². The summed E-state index contributed by atoms with van der Waals surface area (Å²) in [4.78, 5) is 16.8. The molecule has 0 saturated carbocycles. The van der Waals surface area contributed by atoms with Crippen LogP contribution >= 0.6 is 24.0 Å². The summed E-state index contributed by atoms with van der Waals surface area (Å²) >= 11 is 7.44. The number of thiocarbonyl (C=S) groups is 1. The van der Waals surface area contributed by atoms with E-state index in [1.807, 2.05) is 0 Å². The number of rotatable bonds is 6. The number of ether oxygens (including phenoxy) is 1. The van der Waals surface area contributed by atoms with Crippen LogP contribution in [-0.4, -0.2) is 58.9 Å². The van der Waals surface area contributed by atoms with Crippen LogP contribution in [0.25, 0.3) is 0 Å². The number of benzene rings is 1. The molecule has 0 unspecified atom stereocenters. The number of thioether (sulfide) groups is 1. The van der Waals surface area contributed by atoms with E-state index in [0.29, 0.717) is 36.1 Å². The molecule has 3 aliphatic heterocycles. The van der Waals surface area contributed by atoms with Gasteiger partial charge in [-0.15, -0.1) is 0 Å². The molecule has 9 heteroatoms. The summed E-state index contributed by atoms with van der Waals surface area (Å²) in [6, 6.07) is 6.25. The van der Waals surface area contributed by atoms with E-state index in [2.05, 4.69) is 9.80 Å². The summed E-state index contributed by atoms with van der Waals surface area (Å²) < 4.78 is 44.3. The minimum absolute atomic E-state index is 0.178. The van der Waals surface area contributed by atoms with Gasteiger partial charge in [0.25, 0.3) is 0 Å². The summed E-state index contributed by atoms with van der Waals surface area (Å²) in [6.07, 6.45) is 2.58. The van der Waals surface area contributed by atoms with Gasteiger partial charge in [0.1, 0.15) is 4.32 Å². The number of carbonyl (C=O) groups excluding carboxylic acids is 1. The summed E-state index contributed by atoms with van der Waals surface area (Å²) in [5.74, 6) is 1.51. The molecule has 3 heterocycles. The number of hydrogen-bond donors (Lipinski definition) is 0. The molecule has 1 aromatic rings. The largest absolute Gasteiger partial charge is 0.469 e. The van der Waals surface area contributed by atoms with Crippen LogP contribution < -0.4 is 0 Å². The van der Waals surface area contributed by atoms with Gasteiger partial charge >= 0.3 is 12.1 Å². The van der Waals surface area contributed by atoms with Crippen molar-refractivity contribution in [2.75, 3.05) is 26.7 Å². The molecule has 34 heavy (non-hydrogen) atoms. The normalized spacial score (nSPS) is 27.2. The van der Waals surface area contributed by atoms with Gasteiger partial charge in [-0.1, -0.05) is 36.1 Å². The Morgan fingerprint density at radius 1 is 1.18 bits per heavy atom. The molecule has 0 aliphatic carbocycles. The highest BCUT2D eigenvalue weighted by atomic mass is 32.2. The van der Waals surface area contributed by atoms with Crippen molar-refractivity contribution in [2.45, 2.75) is 69.0 Å². The van der Waals surface area contributed by atoms with Crippen LogP contribution in [0.5, 0.6) is 0 Å². The molecule has 4 nitrogen and oxygen atoms in total. The van der Waals surface area contributed by atoms with Crippen molar-refractivity contribution in [1.29, 1.82) is 0 Å². The standard InChI is InChI=1S/C25H33F3N2O2S2/c1-32-22(31)8-2-7-21-20-6-4-14-29-13-3-5-18(23(20)29)15-30(21)24(33)34-16-17-9-11-19(12-10-17)25(26,27)28/h9-12,18,20-21,23H,2-8,13-16H2,1H3/t18-,20+,21+,23-/m0/s1. The summed E-state index contributed by atoms with van der Waals surface area (Å²) in [5.41, 5.74) is 0.203. The Bertz CT molecular complexity index is 863. The highest BCUT2D eigenvalue weighted by molar-refractivity contribution is 8.22. The minimum atomic E-state index is -4.32. The second-order valence-electron chi connectivity index (χ2n) is 9.67. The lowest BCUT2D eigenvalue weighted by molar-refractivity contribution is -0.141. The Labute approximate surface area is 209 Å². The third-order valence-electron chi connectivity index (χ3n) is 7.66. The van der Waals surface area contributed by atoms with E-state index in [1.54, 1.807) is 12.1 Å². The van der Waals surface area contributed by atoms with Gasteiger partial charge in [0.05, 0.1) is 12.7 Å². The van der Waals surface area contributed by atoms with Crippen molar-refractivity contribution >= 4 is 34.3 Å². The van der Waals surface area contributed by atoms with Crippen molar-refractivity contribution in [3.8, 4) is 0 Å². The Morgan fingerprint density at radius 2 is 1.88 bits per heavy atom. The maximum atomic E-state index is 12.9. The molecule has 0 N–H and O–H groups in total. The summed E-state index contributed by atoms with van der Waals surface area (Å²) in [7, 11) is 1.42. The number of carbonyl (C=O) groups is 1. The van der Waals surface area contributed by atoms with Crippen molar-refractivity contribution in [1.82, 2.24) is 9.80 Å². The monoisotopic (exact) mass is 514 g/mol. The molecule has 4 atom stereocenters. The first-order chi connectivity index (χ1) is 16.3. The fraction of sp³-hybridized carbons (Fsp3) is 0.680. The second kappa shape index (κ2) is 11.2. The molecule has 3 saturated heterocycles. The molecule has 188 valence electrons. The van der Waals surface area contributed by atoms with Crippen LogP contribution in [0.2, 0.25) is 0 Å². The average molecular weight is 515 g/mol. The number of likely N-dealkylation sites (tertiary alicyclic amines) is 1. The lowest BCUT2D eigenvalue weighted by atomic mass is 9.69. The zero-order valence-electron chi connectivity index (χ0n) is 19.6. The van der Waals surface area contributed by atoms with E-state index in [9.17, 15) is 18.0 Å². The number of methoxy groups -OCH3 is 1. The third kappa shape index (κ3) is 5.90. The van der Waals surface area contributed by atoms with E-state index in [1.165, 1.54) is 57.6 Å². The first kappa shape index (κ1) is 25.8. The smallest absolute Gasteiger partial charge is 0.416 e. The predicted molar refractivity (Wildman–Crippen MR) is 133 cm³/mol. The van der Waals surface area contributed by atoms with E-state index < -0.39 is 11.7 Å². The van der Waals surface area contributed by atoms with Gasteiger partial charge in [-0.05, 0) is 81.1 Å². The number of halogens is 3. The number of nitrogens with zero attached hydrogens (tertiary/aromatic N) is 2. The van der Waals surface area contributed by atoms with E-state index >= 15 is 0 Å². The Hall–Kier alpha value is -1.32. The molecular weight excluding hydrogens is 481 g/mol. The van der Waals surface area contributed by atoms with Crippen LogP contribution in [0, 0.1) is 11.8 Å². The second-order valence-corrected chi connectivity index (χ2v) is 11.3. The molecule has 4 rings (SSSR count). The Balaban J connectivity index is 1.45. The van der Waals surface area contributed by atoms with Crippen molar-refractivity contribution in [2.24, 2.45) is 11.8 Å². The maximum absolute atomic E-state index is 12.9. The quantitative estimate of drug-likeness (QED) is 0.356. The van der Waals surface area contributed by atoms with Crippen molar-refractivity contribution < 1.29 is 22.7 Å². The van der Waals surface area contributed by atoms with Gasteiger partial charge in [-0.2, -0.15) is 13.2 Å². The molecule has 0 amide bonds. The minimum Gasteiger partial charge on any atom is -0.469 e. The molecule has 0 bridgehead atoms. The lowest BCUT2D eigenvalue weighted by Crippen LogP contribution is -2.65. The molecule has 0 spiro atoms. The lowest BCUT2D eigenvalue weighted by Gasteiger charge is -2.58. The van der Waals surface area contributed by atoms with Crippen LogP contribution in [-0.2, 0) is 21.5 Å². The molecule has 1 aromatic carbocycles. The van der Waals surface area contributed by atoms with Gasteiger partial charge in [0, 0.05) is 30.8 Å². The molecular formula is C25H33F3N2O2S2. The van der Waals surface area contributed by atoms with E-state index in [0.717, 1.165) is 41.4 Å². The van der Waals surface area contributed by atoms with E-state index in [4.69, 9.17) is 17.0 Å². The predicted octanol–water partition coefficient (Wildman–Crippen LogP) is 5.74. The fourth-order valence-corrected chi connectivity index (χ4v) is 7.40. The van der Waals surface area contributed by atoms with Gasteiger partial charge < -0.3 is 9.64 Å². The highest BCUT2D eigenvalue weighted by Gasteiger charge is 2.48. The number of alkyl halides is 3. The first-order valence-corrected chi connectivity index (χ1v) is 13.6. The SMILES string of the molecule is COC(=O)CCC[C@@H]1[C@H]2CCCN3CCC[C@@H](CN1C(=S)SCc1ccc(C(F)(F)F)cc1)[C@@H]23. The van der Waals surface area contributed by atoms with Gasteiger partial charge in [0.2, 0.25) is 0 Å². The topological polar surface area (TPSA) is 32.8 Å². The van der Waals surface area contributed by atoms with Crippen LogP contribution in [0.1, 0.15) is 56.1 Å². The van der Waals surface area contributed by atoms with Crippen LogP contribution in [0.15, 0.2) is 24.3 Å². The highest BCUT2D eigenvalue weighted by Crippen LogP contribution is 2.44. The zero-order valence-corrected chi connectivity index (χ0v) is 21.2. The average Bonchev–Trinajstić information content (AvgIpc) is 2.83. The number of piperidine rings is 3. The fourth-order valence-electron chi connectivity index (χ4n) is 6.15. The van der Waals surface area contributed by atoms with Crippen LogP contribution in [0.4, 0.5) is 13.2 Å². The number of hydrogen-bond acceptors (Lipinski definition) is 5. The van der Waals surface area contributed by atoms with Crippen molar-refractivity contribution in [3.63, 3.8) is 0 Å². The Kier molecular flexibility index (Phi) is 8.46. The van der Waals surface area contributed by atoms with Gasteiger partial charge in [-0.3, -0.25) is 9.69 Å². The first-order valence-electron chi connectivity index (χ1n) is 12.2. The summed E-state index contributed by atoms with van der Waals surface area (Å²) in [5, 5.41) is 0. The van der Waals surface area contributed by atoms with Gasteiger partial charge in [-0.25, -0.2) is 0 Å². The number of esters is 1. The maximum Gasteiger partial charge on any atom is 0.416 e. The van der Waals surface area contributed by atoms with Crippen LogP contribution in [0.3, 0.4) is 0 Å². The molecule has 0 radical (unpaired) electrons. The summed E-state index contributed by atoms with van der Waals surface area (Å²) in [6.45, 7) is 3.29. The van der Waals surface area contributed by atoms with Gasteiger partial charge in [0.15, 0.2) is 0 Å². The molecule has 3 aliphatic rings. The molecule has 0 aromatic heterocycles. The van der Waals surface area contributed by atoms with E-state index in [-0.39, 0.29) is 5.97 Å². The zero-order chi connectivity index (χ0) is 24.3. The molecule has 3 fully saturated rings. The third-order valence-corrected chi connectivity index (χ3v) is 9.21.